The number of rotatable bonds is 4. The maximum atomic E-state index is 6.64. The molecule has 1 atom stereocenters. The lowest BCUT2D eigenvalue weighted by Gasteiger charge is -2.19. The molecule has 0 aliphatic heterocycles. The van der Waals surface area contributed by atoms with E-state index in [-0.39, 0.29) is 0 Å². The first-order valence-corrected chi connectivity index (χ1v) is 9.57. The summed E-state index contributed by atoms with van der Waals surface area (Å²) in [6.07, 6.45) is 2.21. The van der Waals surface area contributed by atoms with Gasteiger partial charge >= 0.3 is 0 Å². The number of hydrogen-bond acceptors (Lipinski definition) is 0. The third kappa shape index (κ3) is 3.09. The summed E-state index contributed by atoms with van der Waals surface area (Å²) in [4.78, 5) is 0. The van der Waals surface area contributed by atoms with Crippen molar-refractivity contribution in [2.45, 2.75) is 46.2 Å². The van der Waals surface area contributed by atoms with Crippen LogP contribution in [0.4, 0.5) is 0 Å². The van der Waals surface area contributed by atoms with Gasteiger partial charge in [0.25, 0.3) is 0 Å². The highest BCUT2D eigenvalue weighted by molar-refractivity contribution is 7.26. The second-order valence-electron chi connectivity index (χ2n) is 4.30. The molecule has 2 heteroatoms. The fraction of sp³-hybridized carbons (Fsp3) is 0.538. The van der Waals surface area contributed by atoms with Crippen molar-refractivity contribution in [2.75, 3.05) is 0 Å². The largest absolute Gasteiger partial charge is 0.183 e. The third-order valence-corrected chi connectivity index (χ3v) is 7.41. The van der Waals surface area contributed by atoms with E-state index in [9.17, 15) is 0 Å². The van der Waals surface area contributed by atoms with Crippen molar-refractivity contribution < 1.29 is 0 Å². The van der Waals surface area contributed by atoms with E-state index in [1.54, 1.807) is 0 Å². The van der Waals surface area contributed by atoms with Gasteiger partial charge < -0.3 is 0 Å². The van der Waals surface area contributed by atoms with Crippen LogP contribution in [0, 0.1) is 0 Å². The van der Waals surface area contributed by atoms with Crippen molar-refractivity contribution in [1.82, 2.24) is 0 Å². The van der Waals surface area contributed by atoms with E-state index in [0.717, 1.165) is 18.9 Å². The zero-order chi connectivity index (χ0) is 11.5. The lowest BCUT2D eigenvalue weighted by atomic mass is 10.1. The lowest BCUT2D eigenvalue weighted by molar-refractivity contribution is 1.09. The summed E-state index contributed by atoms with van der Waals surface area (Å²) in [5.74, 6) is 0. The number of hydrogen-bond donors (Lipinski definition) is 0. The molecule has 0 saturated carbocycles. The van der Waals surface area contributed by atoms with E-state index in [2.05, 4.69) is 45.5 Å². The maximum absolute atomic E-state index is 6.64. The molecule has 0 spiro atoms. The highest BCUT2D eigenvalue weighted by Gasteiger charge is 2.25. The molecule has 15 heavy (non-hydrogen) atoms. The Kier molecular flexibility index (Phi) is 4.41. The summed E-state index contributed by atoms with van der Waals surface area (Å²) >= 11 is 6.64. The molecule has 1 rings (SSSR count). The van der Waals surface area contributed by atoms with Gasteiger partial charge in [0.05, 0.1) is 0 Å². The highest BCUT2D eigenvalue weighted by Crippen LogP contribution is 2.17. The van der Waals surface area contributed by atoms with Gasteiger partial charge in [-0.25, -0.2) is 0 Å². The molecule has 0 nitrogen and oxygen atoms in total. The van der Waals surface area contributed by atoms with Crippen LogP contribution in [-0.2, 0) is 12.8 Å². The summed E-state index contributed by atoms with van der Waals surface area (Å²) in [5, 5.41) is 1.41. The Labute approximate surface area is 99.4 Å². The molecule has 0 radical (unpaired) electrons. The van der Waals surface area contributed by atoms with Gasteiger partial charge in [-0.3, -0.25) is 0 Å². The van der Waals surface area contributed by atoms with E-state index in [1.807, 2.05) is 0 Å². The van der Waals surface area contributed by atoms with E-state index >= 15 is 0 Å². The molecule has 1 unspecified atom stereocenters. The van der Waals surface area contributed by atoms with Crippen molar-refractivity contribution in [3.05, 3.63) is 29.3 Å². The number of benzene rings is 1. The summed E-state index contributed by atoms with van der Waals surface area (Å²) in [7, 11) is -1.68. The molecule has 0 aliphatic carbocycles. The van der Waals surface area contributed by atoms with E-state index in [0.29, 0.717) is 0 Å². The van der Waals surface area contributed by atoms with Crippen LogP contribution in [0.3, 0.4) is 0 Å². The Morgan fingerprint density at radius 3 is 1.80 bits per heavy atom. The van der Waals surface area contributed by atoms with Crippen molar-refractivity contribution in [2.24, 2.45) is 0 Å². The second-order valence-corrected chi connectivity index (χ2v) is 10.5. The molecule has 0 saturated heterocycles. The minimum atomic E-state index is -1.68. The van der Waals surface area contributed by atoms with Crippen LogP contribution in [0.15, 0.2) is 18.2 Å². The van der Waals surface area contributed by atoms with Crippen molar-refractivity contribution in [3.8, 4) is 0 Å². The number of aryl methyl sites for hydroxylation is 2. The fourth-order valence-corrected chi connectivity index (χ4v) is 3.38. The molecule has 1 aromatic carbocycles. The van der Waals surface area contributed by atoms with Crippen LogP contribution < -0.4 is 5.19 Å². The molecule has 0 N–H and O–H groups in total. The lowest BCUT2D eigenvalue weighted by Crippen LogP contribution is -2.38. The average Bonchev–Trinajstić information content (AvgIpc) is 2.28. The Balaban J connectivity index is 3.18. The van der Waals surface area contributed by atoms with Crippen molar-refractivity contribution >= 4 is 23.6 Å². The van der Waals surface area contributed by atoms with Gasteiger partial charge in [0.2, 0.25) is 0 Å². The van der Waals surface area contributed by atoms with Crippen molar-refractivity contribution in [3.63, 3.8) is 0 Å². The summed E-state index contributed by atoms with van der Waals surface area (Å²) in [6, 6.07) is 8.02. The first-order valence-electron chi connectivity index (χ1n) is 5.85. The topological polar surface area (TPSA) is 0 Å². The van der Waals surface area contributed by atoms with Crippen LogP contribution in [0.25, 0.3) is 0 Å². The summed E-state index contributed by atoms with van der Waals surface area (Å²) in [6.45, 7) is 8.85. The maximum Gasteiger partial charge on any atom is 0.183 e. The minimum absolute atomic E-state index is 1.10. The Hall–Kier alpha value is -0.273. The first kappa shape index (κ1) is 12.8. The molecular formula is C13H21ClSi. The average molecular weight is 241 g/mol. The molecule has 0 heterocycles. The van der Waals surface area contributed by atoms with Gasteiger partial charge in [-0.1, -0.05) is 45.5 Å². The van der Waals surface area contributed by atoms with Crippen LogP contribution in [0.1, 0.15) is 31.9 Å². The molecule has 0 amide bonds. The smallest absolute Gasteiger partial charge is 0.161 e. The van der Waals surface area contributed by atoms with Gasteiger partial charge in [0, 0.05) is 0 Å². The normalized spacial score (nSPS) is 15.0. The van der Waals surface area contributed by atoms with Crippen LogP contribution in [-0.4, -0.2) is 7.38 Å². The standard InChI is InChI=1S/C13H21ClSi/c1-5-11-8-12(6-2)10-13(9-11)15(4,14)7-3/h8-10H,5-7H2,1-4H3. The van der Waals surface area contributed by atoms with E-state index in [1.165, 1.54) is 16.3 Å². The van der Waals surface area contributed by atoms with Crippen LogP contribution in [0.5, 0.6) is 0 Å². The summed E-state index contributed by atoms with van der Waals surface area (Å²) in [5.41, 5.74) is 2.86. The molecule has 0 bridgehead atoms. The molecule has 0 fully saturated rings. The SMILES string of the molecule is CCc1cc(CC)cc([Si](C)(Cl)CC)c1. The fourth-order valence-electron chi connectivity index (χ4n) is 1.68. The molecule has 0 aromatic heterocycles. The molecule has 1 aromatic rings. The third-order valence-electron chi connectivity index (χ3n) is 3.13. The number of halogens is 1. The quantitative estimate of drug-likeness (QED) is 0.554. The van der Waals surface area contributed by atoms with Gasteiger partial charge in [0.15, 0.2) is 7.38 Å². The Morgan fingerprint density at radius 2 is 1.47 bits per heavy atom. The van der Waals surface area contributed by atoms with Crippen LogP contribution in [0.2, 0.25) is 12.6 Å². The van der Waals surface area contributed by atoms with Gasteiger partial charge in [-0.15, -0.1) is 0 Å². The zero-order valence-electron chi connectivity index (χ0n) is 10.2. The Morgan fingerprint density at radius 1 is 1.00 bits per heavy atom. The second kappa shape index (κ2) is 5.18. The highest BCUT2D eigenvalue weighted by atomic mass is 35.6. The Bertz CT molecular complexity index is 309. The monoisotopic (exact) mass is 240 g/mol. The van der Waals surface area contributed by atoms with Crippen molar-refractivity contribution in [1.29, 1.82) is 0 Å². The van der Waals surface area contributed by atoms with Gasteiger partial charge in [-0.05, 0) is 35.2 Å². The predicted molar refractivity (Wildman–Crippen MR) is 72.8 cm³/mol. The minimum Gasteiger partial charge on any atom is -0.161 e. The van der Waals surface area contributed by atoms with Gasteiger partial charge in [0.1, 0.15) is 0 Å². The molecule has 0 aliphatic rings. The van der Waals surface area contributed by atoms with Gasteiger partial charge in [-0.2, -0.15) is 11.1 Å². The molecular weight excluding hydrogens is 220 g/mol. The summed E-state index contributed by atoms with van der Waals surface area (Å²) < 4.78 is 0. The predicted octanol–water partition coefficient (Wildman–Crippen LogP) is 3.85. The van der Waals surface area contributed by atoms with E-state index in [4.69, 9.17) is 11.1 Å². The first-order chi connectivity index (χ1) is 7.03. The van der Waals surface area contributed by atoms with Crippen LogP contribution >= 0.6 is 11.1 Å². The zero-order valence-corrected chi connectivity index (χ0v) is 12.0. The van der Waals surface area contributed by atoms with E-state index < -0.39 is 7.38 Å². The molecule has 84 valence electrons.